The number of hydrogen-bond donors (Lipinski definition) is 0. The van der Waals surface area contributed by atoms with Crippen molar-refractivity contribution in [3.63, 3.8) is 0 Å². The summed E-state index contributed by atoms with van der Waals surface area (Å²) in [4.78, 5) is 30.6. The molecule has 3 rings (SSSR count). The summed E-state index contributed by atoms with van der Waals surface area (Å²) in [6.45, 7) is 2.02. The highest BCUT2D eigenvalue weighted by atomic mass is 32.2. The molecule has 0 aliphatic carbocycles. The number of hydrogen-bond acceptors (Lipinski definition) is 5. The third-order valence-corrected chi connectivity index (χ3v) is 4.95. The van der Waals surface area contributed by atoms with Gasteiger partial charge in [0.15, 0.2) is 5.17 Å². The van der Waals surface area contributed by atoms with Gasteiger partial charge in [0.1, 0.15) is 0 Å². The van der Waals surface area contributed by atoms with E-state index in [1.54, 1.807) is 31.3 Å². The number of ether oxygens (including phenoxy) is 1. The van der Waals surface area contributed by atoms with E-state index in [-0.39, 0.29) is 5.91 Å². The second-order valence-electron chi connectivity index (χ2n) is 5.82. The monoisotopic (exact) mass is 366 g/mol. The molecule has 0 radical (unpaired) electrons. The fraction of sp³-hybridized carbons (Fsp3) is 0.150. The van der Waals surface area contributed by atoms with Gasteiger partial charge in [0.05, 0.1) is 23.3 Å². The Morgan fingerprint density at radius 2 is 1.77 bits per heavy atom. The van der Waals surface area contributed by atoms with Crippen molar-refractivity contribution in [2.24, 2.45) is 4.99 Å². The van der Waals surface area contributed by atoms with E-state index >= 15 is 0 Å². The highest BCUT2D eigenvalue weighted by molar-refractivity contribution is 8.18. The Bertz CT molecular complexity index is 900. The van der Waals surface area contributed by atoms with Crippen LogP contribution in [-0.2, 0) is 9.53 Å². The van der Waals surface area contributed by atoms with E-state index in [2.05, 4.69) is 9.73 Å². The Balaban J connectivity index is 1.83. The van der Waals surface area contributed by atoms with Crippen molar-refractivity contribution in [1.29, 1.82) is 0 Å². The Morgan fingerprint density at radius 1 is 1.12 bits per heavy atom. The van der Waals surface area contributed by atoms with Gasteiger partial charge in [-0.15, -0.1) is 0 Å². The minimum atomic E-state index is -0.393. The van der Waals surface area contributed by atoms with Crippen LogP contribution in [-0.4, -0.2) is 36.1 Å². The van der Waals surface area contributed by atoms with Crippen LogP contribution in [0, 0.1) is 6.92 Å². The first kappa shape index (κ1) is 17.9. The maximum absolute atomic E-state index is 12.5. The van der Waals surface area contributed by atoms with Gasteiger partial charge >= 0.3 is 5.97 Å². The van der Waals surface area contributed by atoms with Gasteiger partial charge in [0, 0.05) is 7.05 Å². The van der Waals surface area contributed by atoms with Crippen molar-refractivity contribution < 1.29 is 14.3 Å². The maximum Gasteiger partial charge on any atom is 0.337 e. The number of carbonyl (C=O) groups is 2. The summed E-state index contributed by atoms with van der Waals surface area (Å²) < 4.78 is 4.68. The van der Waals surface area contributed by atoms with Crippen molar-refractivity contribution in [3.8, 4) is 0 Å². The summed E-state index contributed by atoms with van der Waals surface area (Å²) in [5, 5.41) is 0.596. The van der Waals surface area contributed by atoms with Crippen LogP contribution < -0.4 is 0 Å². The quantitative estimate of drug-likeness (QED) is 0.608. The van der Waals surface area contributed by atoms with Crippen LogP contribution in [0.25, 0.3) is 6.08 Å². The van der Waals surface area contributed by atoms with Crippen molar-refractivity contribution in [2.75, 3.05) is 14.2 Å². The smallest absolute Gasteiger partial charge is 0.337 e. The molecule has 26 heavy (non-hydrogen) atoms. The molecule has 5 nitrogen and oxygen atoms in total. The Labute approximate surface area is 156 Å². The number of amides is 1. The Kier molecular flexibility index (Phi) is 5.23. The van der Waals surface area contributed by atoms with Crippen LogP contribution in [0.1, 0.15) is 21.5 Å². The number of esters is 1. The zero-order valence-corrected chi connectivity index (χ0v) is 15.5. The van der Waals surface area contributed by atoms with Gasteiger partial charge in [-0.1, -0.05) is 29.8 Å². The third-order valence-electron chi connectivity index (χ3n) is 3.89. The highest BCUT2D eigenvalue weighted by Gasteiger charge is 2.30. The molecule has 2 aromatic rings. The van der Waals surface area contributed by atoms with E-state index in [9.17, 15) is 9.59 Å². The Morgan fingerprint density at radius 3 is 2.38 bits per heavy atom. The summed E-state index contributed by atoms with van der Waals surface area (Å²) in [7, 11) is 3.04. The van der Waals surface area contributed by atoms with Crippen LogP contribution in [0.4, 0.5) is 5.69 Å². The van der Waals surface area contributed by atoms with Gasteiger partial charge in [-0.3, -0.25) is 9.69 Å². The largest absolute Gasteiger partial charge is 0.465 e. The summed E-state index contributed by atoms with van der Waals surface area (Å²) in [5.74, 6) is -0.476. The third kappa shape index (κ3) is 3.86. The number of rotatable bonds is 3. The van der Waals surface area contributed by atoms with E-state index in [0.29, 0.717) is 21.3 Å². The zero-order valence-electron chi connectivity index (χ0n) is 14.7. The topological polar surface area (TPSA) is 59.0 Å². The van der Waals surface area contributed by atoms with Gasteiger partial charge in [-0.25, -0.2) is 9.79 Å². The number of amidine groups is 1. The van der Waals surface area contributed by atoms with E-state index in [0.717, 1.165) is 5.56 Å². The predicted molar refractivity (Wildman–Crippen MR) is 104 cm³/mol. The first-order valence-electron chi connectivity index (χ1n) is 7.99. The molecule has 0 bridgehead atoms. The molecule has 1 aliphatic heterocycles. The second-order valence-corrected chi connectivity index (χ2v) is 6.83. The summed E-state index contributed by atoms with van der Waals surface area (Å²) in [6, 6.07) is 14.7. The number of carbonyl (C=O) groups excluding carboxylic acids is 2. The molecular formula is C20H18N2O3S. The molecule has 0 saturated carbocycles. The molecule has 2 aromatic carbocycles. The molecular weight excluding hydrogens is 348 g/mol. The summed E-state index contributed by atoms with van der Waals surface area (Å²) >= 11 is 1.33. The number of methoxy groups -OCH3 is 1. The number of thioether (sulfide) groups is 1. The Hall–Kier alpha value is -2.86. The lowest BCUT2D eigenvalue weighted by Gasteiger charge is -2.07. The van der Waals surface area contributed by atoms with E-state index < -0.39 is 5.97 Å². The van der Waals surface area contributed by atoms with Crippen molar-refractivity contribution >= 4 is 40.6 Å². The molecule has 1 aliphatic rings. The molecule has 0 aromatic heterocycles. The average Bonchev–Trinajstić information content (AvgIpc) is 2.91. The van der Waals surface area contributed by atoms with Gasteiger partial charge in [-0.2, -0.15) is 0 Å². The molecule has 1 fully saturated rings. The first-order valence-corrected chi connectivity index (χ1v) is 8.81. The fourth-order valence-corrected chi connectivity index (χ4v) is 3.35. The van der Waals surface area contributed by atoms with Gasteiger partial charge in [0.25, 0.3) is 5.91 Å². The van der Waals surface area contributed by atoms with Crippen molar-refractivity contribution in [2.45, 2.75) is 6.92 Å². The normalized spacial score (nSPS) is 17.2. The van der Waals surface area contributed by atoms with E-state index in [1.807, 2.05) is 37.3 Å². The van der Waals surface area contributed by atoms with Crippen LogP contribution in [0.15, 0.2) is 58.4 Å². The average molecular weight is 366 g/mol. The minimum absolute atomic E-state index is 0.0829. The standard InChI is InChI=1S/C20H18N2O3S/c1-13-4-6-14(7-5-13)12-17-18(23)22(2)20(26-17)21-16-10-8-15(9-11-16)19(24)25-3/h4-12H,1-3H3. The maximum atomic E-state index is 12.5. The molecule has 0 unspecified atom stereocenters. The van der Waals surface area contributed by atoms with Crippen molar-refractivity contribution in [1.82, 2.24) is 4.90 Å². The van der Waals surface area contributed by atoms with Crippen LogP contribution >= 0.6 is 11.8 Å². The van der Waals surface area contributed by atoms with Crippen LogP contribution in [0.3, 0.4) is 0 Å². The number of aliphatic imine (C=N–C) groups is 1. The summed E-state index contributed by atoms with van der Waals surface area (Å²) in [6.07, 6.45) is 1.87. The highest BCUT2D eigenvalue weighted by Crippen LogP contribution is 2.33. The number of benzene rings is 2. The fourth-order valence-electron chi connectivity index (χ4n) is 2.37. The number of aryl methyl sites for hydroxylation is 1. The van der Waals surface area contributed by atoms with Gasteiger partial charge in [0.2, 0.25) is 0 Å². The first-order chi connectivity index (χ1) is 12.5. The molecule has 1 amide bonds. The molecule has 0 spiro atoms. The van der Waals surface area contributed by atoms with Gasteiger partial charge in [-0.05, 0) is 54.6 Å². The zero-order chi connectivity index (χ0) is 18.7. The number of nitrogens with zero attached hydrogens (tertiary/aromatic N) is 2. The minimum Gasteiger partial charge on any atom is -0.465 e. The predicted octanol–water partition coefficient (Wildman–Crippen LogP) is 4.02. The lowest BCUT2D eigenvalue weighted by molar-refractivity contribution is -0.121. The lowest BCUT2D eigenvalue weighted by Crippen LogP contribution is -2.23. The van der Waals surface area contributed by atoms with Crippen LogP contribution in [0.5, 0.6) is 0 Å². The molecule has 1 saturated heterocycles. The van der Waals surface area contributed by atoms with E-state index in [1.165, 1.54) is 29.3 Å². The summed E-state index contributed by atoms with van der Waals surface area (Å²) in [5.41, 5.74) is 3.27. The molecule has 1 heterocycles. The molecule has 6 heteroatoms. The van der Waals surface area contributed by atoms with E-state index in [4.69, 9.17) is 0 Å². The lowest BCUT2D eigenvalue weighted by atomic mass is 10.1. The SMILES string of the molecule is COC(=O)c1ccc(N=C2SC(=Cc3ccc(C)cc3)C(=O)N2C)cc1. The van der Waals surface area contributed by atoms with Crippen LogP contribution in [0.2, 0.25) is 0 Å². The molecule has 0 N–H and O–H groups in total. The van der Waals surface area contributed by atoms with Crippen molar-refractivity contribution in [3.05, 3.63) is 70.1 Å². The second kappa shape index (κ2) is 7.58. The van der Waals surface area contributed by atoms with Gasteiger partial charge < -0.3 is 4.74 Å². The molecule has 132 valence electrons. The molecule has 0 atom stereocenters. The number of likely N-dealkylation sites (N-methyl/N-ethyl adjacent to an activating group) is 1.